The van der Waals surface area contributed by atoms with Crippen LogP contribution in [0.3, 0.4) is 0 Å². The minimum atomic E-state index is -0.675. The molecule has 0 spiro atoms. The van der Waals surface area contributed by atoms with Crippen LogP contribution >= 0.6 is 0 Å². The molecule has 2 N–H and O–H groups in total. The standard InChI is InChI=1S/C11H19N3O/c1-3-4-11(12,9-15)5-7-14-8-6-13-10(14)2/h6,8-9H,3-5,7,12H2,1-2H3. The Kier molecular flexibility index (Phi) is 4.03. The van der Waals surface area contributed by atoms with Gasteiger partial charge in [-0.2, -0.15) is 0 Å². The Morgan fingerprint density at radius 2 is 2.33 bits per heavy atom. The fourth-order valence-corrected chi connectivity index (χ4v) is 1.68. The third-order valence-electron chi connectivity index (χ3n) is 2.69. The SMILES string of the molecule is CCCC(N)(C=O)CCn1ccnc1C. The summed E-state index contributed by atoms with van der Waals surface area (Å²) in [5.41, 5.74) is 5.30. The van der Waals surface area contributed by atoms with Crippen LogP contribution in [-0.2, 0) is 11.3 Å². The molecular weight excluding hydrogens is 190 g/mol. The molecule has 0 aliphatic carbocycles. The molecule has 0 aromatic carbocycles. The molecule has 1 rings (SSSR count). The van der Waals surface area contributed by atoms with Gasteiger partial charge in [0.05, 0.1) is 5.54 Å². The average Bonchev–Trinajstić information content (AvgIpc) is 2.62. The summed E-state index contributed by atoms with van der Waals surface area (Å²) < 4.78 is 2.01. The Balaban J connectivity index is 2.54. The van der Waals surface area contributed by atoms with Crippen molar-refractivity contribution in [2.75, 3.05) is 0 Å². The minimum Gasteiger partial charge on any atom is -0.335 e. The van der Waals surface area contributed by atoms with Crippen molar-refractivity contribution in [1.29, 1.82) is 0 Å². The van der Waals surface area contributed by atoms with Crippen molar-refractivity contribution in [2.45, 2.75) is 45.2 Å². The van der Waals surface area contributed by atoms with Gasteiger partial charge in [0.1, 0.15) is 12.1 Å². The number of aryl methyl sites for hydroxylation is 2. The summed E-state index contributed by atoms with van der Waals surface area (Å²) in [4.78, 5) is 15.0. The van der Waals surface area contributed by atoms with Gasteiger partial charge < -0.3 is 15.1 Å². The monoisotopic (exact) mass is 209 g/mol. The highest BCUT2D eigenvalue weighted by Gasteiger charge is 2.22. The summed E-state index contributed by atoms with van der Waals surface area (Å²) in [6.07, 6.45) is 6.88. The van der Waals surface area contributed by atoms with E-state index < -0.39 is 5.54 Å². The molecule has 0 bridgehead atoms. The van der Waals surface area contributed by atoms with Crippen LogP contribution in [0.4, 0.5) is 0 Å². The number of hydrogen-bond donors (Lipinski definition) is 1. The zero-order valence-electron chi connectivity index (χ0n) is 9.44. The molecule has 4 heteroatoms. The normalized spacial score (nSPS) is 14.9. The van der Waals surface area contributed by atoms with Gasteiger partial charge >= 0.3 is 0 Å². The molecule has 4 nitrogen and oxygen atoms in total. The van der Waals surface area contributed by atoms with E-state index in [1.54, 1.807) is 6.20 Å². The Bertz CT molecular complexity index is 321. The number of imidazole rings is 1. The van der Waals surface area contributed by atoms with Gasteiger partial charge in [0, 0.05) is 18.9 Å². The van der Waals surface area contributed by atoms with Crippen molar-refractivity contribution in [2.24, 2.45) is 5.73 Å². The number of rotatable bonds is 6. The highest BCUT2D eigenvalue weighted by molar-refractivity contribution is 5.63. The predicted molar refractivity (Wildman–Crippen MR) is 59.5 cm³/mol. The van der Waals surface area contributed by atoms with E-state index in [1.807, 2.05) is 24.6 Å². The molecule has 0 saturated carbocycles. The largest absolute Gasteiger partial charge is 0.335 e. The lowest BCUT2D eigenvalue weighted by Gasteiger charge is -2.22. The van der Waals surface area contributed by atoms with Crippen LogP contribution < -0.4 is 5.73 Å². The molecule has 0 aliphatic rings. The van der Waals surface area contributed by atoms with E-state index in [0.717, 1.165) is 31.5 Å². The number of nitrogens with two attached hydrogens (primary N) is 1. The predicted octanol–water partition coefficient (Wildman–Crippen LogP) is 1.28. The number of nitrogens with zero attached hydrogens (tertiary/aromatic N) is 2. The maximum absolute atomic E-state index is 10.9. The topological polar surface area (TPSA) is 60.9 Å². The molecule has 0 saturated heterocycles. The lowest BCUT2D eigenvalue weighted by molar-refractivity contribution is -0.112. The van der Waals surface area contributed by atoms with E-state index >= 15 is 0 Å². The fourth-order valence-electron chi connectivity index (χ4n) is 1.68. The third-order valence-corrected chi connectivity index (χ3v) is 2.69. The van der Waals surface area contributed by atoms with Crippen LogP contribution in [0.5, 0.6) is 0 Å². The van der Waals surface area contributed by atoms with Crippen LogP contribution in [-0.4, -0.2) is 21.4 Å². The number of hydrogen-bond acceptors (Lipinski definition) is 3. The van der Waals surface area contributed by atoms with Gasteiger partial charge in [-0.05, 0) is 19.8 Å². The van der Waals surface area contributed by atoms with Crippen LogP contribution in [0.15, 0.2) is 12.4 Å². The molecule has 1 aromatic heterocycles. The van der Waals surface area contributed by atoms with E-state index in [2.05, 4.69) is 4.98 Å². The van der Waals surface area contributed by atoms with Gasteiger partial charge in [-0.25, -0.2) is 4.98 Å². The highest BCUT2D eigenvalue weighted by atomic mass is 16.1. The Labute approximate surface area is 90.5 Å². The zero-order chi connectivity index (χ0) is 11.3. The van der Waals surface area contributed by atoms with Crippen molar-refractivity contribution in [3.05, 3.63) is 18.2 Å². The van der Waals surface area contributed by atoms with Crippen molar-refractivity contribution in [1.82, 2.24) is 9.55 Å². The zero-order valence-corrected chi connectivity index (χ0v) is 9.44. The molecule has 84 valence electrons. The van der Waals surface area contributed by atoms with Gasteiger partial charge in [0.25, 0.3) is 0 Å². The van der Waals surface area contributed by atoms with E-state index in [1.165, 1.54) is 0 Å². The fraction of sp³-hybridized carbons (Fsp3) is 0.636. The van der Waals surface area contributed by atoms with Gasteiger partial charge in [-0.3, -0.25) is 0 Å². The highest BCUT2D eigenvalue weighted by Crippen LogP contribution is 2.13. The van der Waals surface area contributed by atoms with Gasteiger partial charge in [0.15, 0.2) is 0 Å². The van der Waals surface area contributed by atoms with Crippen LogP contribution in [0.25, 0.3) is 0 Å². The third kappa shape index (κ3) is 3.16. The lowest BCUT2D eigenvalue weighted by atomic mass is 9.93. The summed E-state index contributed by atoms with van der Waals surface area (Å²) in [5, 5.41) is 0. The molecule has 1 atom stereocenters. The molecule has 1 unspecified atom stereocenters. The van der Waals surface area contributed by atoms with E-state index in [-0.39, 0.29) is 0 Å². The van der Waals surface area contributed by atoms with Crippen LogP contribution in [0.1, 0.15) is 32.0 Å². The molecular formula is C11H19N3O. The Morgan fingerprint density at radius 1 is 1.60 bits per heavy atom. The first-order valence-electron chi connectivity index (χ1n) is 5.34. The average molecular weight is 209 g/mol. The van der Waals surface area contributed by atoms with Gasteiger partial charge in [0.2, 0.25) is 0 Å². The number of carbonyl (C=O) groups excluding carboxylic acids is 1. The second kappa shape index (κ2) is 5.07. The smallest absolute Gasteiger partial charge is 0.139 e. The Hall–Kier alpha value is -1.16. The molecule has 15 heavy (non-hydrogen) atoms. The molecule has 0 radical (unpaired) electrons. The van der Waals surface area contributed by atoms with Crippen molar-refractivity contribution in [3.63, 3.8) is 0 Å². The maximum atomic E-state index is 10.9. The molecule has 0 aliphatic heterocycles. The molecule has 1 aromatic rings. The van der Waals surface area contributed by atoms with Gasteiger partial charge in [-0.15, -0.1) is 0 Å². The lowest BCUT2D eigenvalue weighted by Crippen LogP contribution is -2.42. The summed E-state index contributed by atoms with van der Waals surface area (Å²) in [7, 11) is 0. The van der Waals surface area contributed by atoms with Crippen molar-refractivity contribution in [3.8, 4) is 0 Å². The first kappa shape index (κ1) is 11.9. The number of aldehydes is 1. The van der Waals surface area contributed by atoms with Crippen molar-refractivity contribution < 1.29 is 4.79 Å². The number of carbonyl (C=O) groups is 1. The summed E-state index contributed by atoms with van der Waals surface area (Å²) in [6, 6.07) is 0. The summed E-state index contributed by atoms with van der Waals surface area (Å²) in [6.45, 7) is 4.73. The molecule has 0 amide bonds. The maximum Gasteiger partial charge on any atom is 0.139 e. The quantitative estimate of drug-likeness (QED) is 0.718. The first-order valence-corrected chi connectivity index (χ1v) is 5.34. The second-order valence-electron chi connectivity index (χ2n) is 4.02. The van der Waals surface area contributed by atoms with Crippen LogP contribution in [0.2, 0.25) is 0 Å². The molecule has 0 fully saturated rings. The summed E-state index contributed by atoms with van der Waals surface area (Å²) in [5.74, 6) is 0.958. The Morgan fingerprint density at radius 3 is 2.80 bits per heavy atom. The van der Waals surface area contributed by atoms with E-state index in [9.17, 15) is 4.79 Å². The minimum absolute atomic E-state index is 0.668. The van der Waals surface area contributed by atoms with E-state index in [0.29, 0.717) is 6.42 Å². The van der Waals surface area contributed by atoms with E-state index in [4.69, 9.17) is 5.73 Å². The molecule has 1 heterocycles. The number of aromatic nitrogens is 2. The first-order chi connectivity index (χ1) is 7.11. The van der Waals surface area contributed by atoms with Crippen LogP contribution in [0, 0.1) is 6.92 Å². The van der Waals surface area contributed by atoms with Crippen molar-refractivity contribution >= 4 is 6.29 Å². The summed E-state index contributed by atoms with van der Waals surface area (Å²) >= 11 is 0. The van der Waals surface area contributed by atoms with Gasteiger partial charge in [-0.1, -0.05) is 13.3 Å². The second-order valence-corrected chi connectivity index (χ2v) is 4.02.